The monoisotopic (exact) mass is 352 g/mol. The quantitative estimate of drug-likeness (QED) is 0.798. The van der Waals surface area contributed by atoms with Gasteiger partial charge in [-0.1, -0.05) is 40.2 Å². The van der Waals surface area contributed by atoms with E-state index in [0.717, 1.165) is 41.8 Å². The Labute approximate surface area is 157 Å². The number of aryl methyl sites for hydroxylation is 2. The zero-order chi connectivity index (χ0) is 19.0. The molecule has 1 unspecified atom stereocenters. The number of aromatic nitrogens is 2. The van der Waals surface area contributed by atoms with Crippen LogP contribution >= 0.6 is 0 Å². The van der Waals surface area contributed by atoms with E-state index >= 15 is 0 Å². The zero-order valence-electron chi connectivity index (χ0n) is 17.1. The molecule has 1 aliphatic carbocycles. The van der Waals surface area contributed by atoms with Crippen LogP contribution in [0.25, 0.3) is 11.4 Å². The molecule has 3 nitrogen and oxygen atoms in total. The van der Waals surface area contributed by atoms with E-state index < -0.39 is 0 Å². The second-order valence-corrected chi connectivity index (χ2v) is 8.11. The highest BCUT2D eigenvalue weighted by Crippen LogP contribution is 2.43. The van der Waals surface area contributed by atoms with Gasteiger partial charge in [-0.2, -0.15) is 0 Å². The van der Waals surface area contributed by atoms with Gasteiger partial charge < -0.3 is 4.98 Å². The molecule has 1 atom stereocenters. The summed E-state index contributed by atoms with van der Waals surface area (Å²) in [6.07, 6.45) is 5.45. The van der Waals surface area contributed by atoms with Gasteiger partial charge in [0.25, 0.3) is 5.56 Å². The van der Waals surface area contributed by atoms with Crippen molar-refractivity contribution in [2.24, 2.45) is 5.92 Å². The standard InChI is InChI=1S/C23H32N2O/c1-7-9-10-16-11-17-12-18(13(3)4)20-14(5)15(6)23(26)25-22(20)21(17)24-19(16)8-2/h11,13,18H,7-10,12H2,1-6H3,(H,25,26). The Morgan fingerprint density at radius 2 is 1.96 bits per heavy atom. The Kier molecular flexibility index (Phi) is 5.36. The van der Waals surface area contributed by atoms with Crippen LogP contribution in [-0.2, 0) is 19.3 Å². The molecule has 1 aliphatic rings. The Morgan fingerprint density at radius 1 is 1.23 bits per heavy atom. The van der Waals surface area contributed by atoms with Gasteiger partial charge in [-0.25, -0.2) is 0 Å². The highest BCUT2D eigenvalue weighted by Gasteiger charge is 2.31. The number of nitrogens with zero attached hydrogens (tertiary/aromatic N) is 1. The van der Waals surface area contributed by atoms with Crippen LogP contribution in [0.15, 0.2) is 10.9 Å². The minimum absolute atomic E-state index is 0.0199. The number of nitrogens with one attached hydrogen (secondary N) is 1. The highest BCUT2D eigenvalue weighted by molar-refractivity contribution is 5.70. The van der Waals surface area contributed by atoms with Crippen LogP contribution < -0.4 is 5.56 Å². The number of hydrogen-bond acceptors (Lipinski definition) is 2. The number of pyridine rings is 2. The van der Waals surface area contributed by atoms with Crippen molar-refractivity contribution in [1.29, 1.82) is 0 Å². The number of aromatic amines is 1. The van der Waals surface area contributed by atoms with E-state index in [9.17, 15) is 4.79 Å². The third-order valence-corrected chi connectivity index (χ3v) is 6.07. The van der Waals surface area contributed by atoms with Crippen LogP contribution in [0, 0.1) is 19.8 Å². The van der Waals surface area contributed by atoms with Crippen LogP contribution in [0.5, 0.6) is 0 Å². The van der Waals surface area contributed by atoms with Gasteiger partial charge in [0.2, 0.25) is 0 Å². The van der Waals surface area contributed by atoms with Crippen molar-refractivity contribution in [3.63, 3.8) is 0 Å². The van der Waals surface area contributed by atoms with E-state index in [4.69, 9.17) is 4.98 Å². The largest absolute Gasteiger partial charge is 0.320 e. The minimum Gasteiger partial charge on any atom is -0.320 e. The van der Waals surface area contributed by atoms with E-state index in [1.807, 2.05) is 6.92 Å². The number of hydrogen-bond donors (Lipinski definition) is 1. The maximum atomic E-state index is 12.5. The van der Waals surface area contributed by atoms with E-state index in [1.165, 1.54) is 35.2 Å². The fourth-order valence-corrected chi connectivity index (χ4v) is 4.30. The van der Waals surface area contributed by atoms with Gasteiger partial charge >= 0.3 is 0 Å². The predicted octanol–water partition coefficient (Wildman–Crippen LogP) is 5.25. The molecule has 0 amide bonds. The summed E-state index contributed by atoms with van der Waals surface area (Å²) in [6.45, 7) is 13.0. The summed E-state index contributed by atoms with van der Waals surface area (Å²) in [5.74, 6) is 0.956. The van der Waals surface area contributed by atoms with Crippen LogP contribution in [0.4, 0.5) is 0 Å². The van der Waals surface area contributed by atoms with E-state index in [1.54, 1.807) is 0 Å². The van der Waals surface area contributed by atoms with Crippen molar-refractivity contribution < 1.29 is 0 Å². The lowest BCUT2D eigenvalue weighted by molar-refractivity contribution is 0.486. The smallest absolute Gasteiger partial charge is 0.251 e. The van der Waals surface area contributed by atoms with E-state index in [-0.39, 0.29) is 5.56 Å². The van der Waals surface area contributed by atoms with Gasteiger partial charge in [0.1, 0.15) is 0 Å². The first kappa shape index (κ1) is 18.9. The molecule has 0 saturated heterocycles. The third kappa shape index (κ3) is 3.13. The maximum Gasteiger partial charge on any atom is 0.251 e. The lowest BCUT2D eigenvalue weighted by Crippen LogP contribution is -2.25. The van der Waals surface area contributed by atoms with Gasteiger partial charge in [0.05, 0.1) is 11.4 Å². The molecule has 2 aromatic heterocycles. The number of rotatable bonds is 5. The van der Waals surface area contributed by atoms with E-state index in [2.05, 4.69) is 45.7 Å². The van der Waals surface area contributed by atoms with Gasteiger partial charge in [-0.3, -0.25) is 9.78 Å². The molecular weight excluding hydrogens is 320 g/mol. The first-order valence-corrected chi connectivity index (χ1v) is 10.1. The average Bonchev–Trinajstić information content (AvgIpc) is 2.62. The summed E-state index contributed by atoms with van der Waals surface area (Å²) >= 11 is 0. The topological polar surface area (TPSA) is 45.8 Å². The Balaban J connectivity index is 2.26. The molecule has 3 heteroatoms. The Bertz CT molecular complexity index is 877. The van der Waals surface area contributed by atoms with Gasteiger partial charge in [0, 0.05) is 11.3 Å². The molecule has 2 heterocycles. The molecule has 1 N–H and O–H groups in total. The molecule has 3 rings (SSSR count). The van der Waals surface area contributed by atoms with Gasteiger partial charge in [-0.15, -0.1) is 0 Å². The normalized spacial score (nSPS) is 15.9. The average molecular weight is 353 g/mol. The number of H-pyrrole nitrogens is 1. The molecule has 0 radical (unpaired) electrons. The predicted molar refractivity (Wildman–Crippen MR) is 109 cm³/mol. The van der Waals surface area contributed by atoms with Crippen molar-refractivity contribution in [3.05, 3.63) is 49.9 Å². The van der Waals surface area contributed by atoms with Crippen molar-refractivity contribution in [3.8, 4) is 11.4 Å². The first-order chi connectivity index (χ1) is 12.4. The molecule has 26 heavy (non-hydrogen) atoms. The number of unbranched alkanes of at least 4 members (excludes halogenated alkanes) is 1. The summed E-state index contributed by atoms with van der Waals surface area (Å²) < 4.78 is 0. The second-order valence-electron chi connectivity index (χ2n) is 8.11. The molecule has 0 saturated carbocycles. The van der Waals surface area contributed by atoms with Crippen molar-refractivity contribution >= 4 is 0 Å². The summed E-state index contributed by atoms with van der Waals surface area (Å²) in [6, 6.07) is 2.38. The molecule has 0 fully saturated rings. The SMILES string of the molecule is CCCCc1cc2c(nc1CC)-c1[nH]c(=O)c(C)c(C)c1C(C(C)C)C2. The molecule has 0 bridgehead atoms. The van der Waals surface area contributed by atoms with Crippen molar-refractivity contribution in [1.82, 2.24) is 9.97 Å². The molecule has 0 aliphatic heterocycles. The summed E-state index contributed by atoms with van der Waals surface area (Å²) in [7, 11) is 0. The maximum absolute atomic E-state index is 12.5. The van der Waals surface area contributed by atoms with Crippen LogP contribution in [0.2, 0.25) is 0 Å². The summed E-state index contributed by atoms with van der Waals surface area (Å²) in [4.78, 5) is 20.7. The lowest BCUT2D eigenvalue weighted by atomic mass is 9.74. The second kappa shape index (κ2) is 7.38. The fraction of sp³-hybridized carbons (Fsp3) is 0.565. The van der Waals surface area contributed by atoms with Crippen molar-refractivity contribution in [2.75, 3.05) is 0 Å². The Morgan fingerprint density at radius 3 is 2.58 bits per heavy atom. The number of fused-ring (bicyclic) bond motifs is 3. The molecule has 140 valence electrons. The lowest BCUT2D eigenvalue weighted by Gasteiger charge is -2.32. The highest BCUT2D eigenvalue weighted by atomic mass is 16.1. The fourth-order valence-electron chi connectivity index (χ4n) is 4.30. The van der Waals surface area contributed by atoms with E-state index in [0.29, 0.717) is 11.8 Å². The van der Waals surface area contributed by atoms with Crippen LogP contribution in [-0.4, -0.2) is 9.97 Å². The van der Waals surface area contributed by atoms with Gasteiger partial charge in [-0.05, 0) is 73.6 Å². The van der Waals surface area contributed by atoms with Crippen molar-refractivity contribution in [2.45, 2.75) is 79.6 Å². The first-order valence-electron chi connectivity index (χ1n) is 10.1. The van der Waals surface area contributed by atoms with Crippen LogP contribution in [0.3, 0.4) is 0 Å². The third-order valence-electron chi connectivity index (χ3n) is 6.07. The van der Waals surface area contributed by atoms with Crippen LogP contribution in [0.1, 0.15) is 80.0 Å². The molecule has 0 spiro atoms. The summed E-state index contributed by atoms with van der Waals surface area (Å²) in [5.41, 5.74) is 9.17. The summed E-state index contributed by atoms with van der Waals surface area (Å²) in [5, 5.41) is 0. The Hall–Kier alpha value is -1.90. The zero-order valence-corrected chi connectivity index (χ0v) is 17.1. The molecular formula is C23H32N2O. The molecule has 2 aromatic rings. The molecule has 0 aromatic carbocycles. The van der Waals surface area contributed by atoms with Gasteiger partial charge in [0.15, 0.2) is 0 Å². The minimum atomic E-state index is 0.0199.